The molecule has 1 atom stereocenters. The van der Waals surface area contributed by atoms with Gasteiger partial charge < -0.3 is 24.4 Å². The van der Waals surface area contributed by atoms with Crippen molar-refractivity contribution in [2.75, 3.05) is 32.9 Å². The number of ether oxygens (including phenoxy) is 3. The van der Waals surface area contributed by atoms with Crippen molar-refractivity contribution in [3.8, 4) is 11.5 Å². The minimum absolute atomic E-state index is 0.0393. The molecular weight excluding hydrogens is 446 g/mol. The molecule has 0 saturated carbocycles. The number of esters is 1. The Kier molecular flexibility index (Phi) is 6.90. The van der Waals surface area contributed by atoms with Crippen LogP contribution in [0.3, 0.4) is 0 Å². The number of rotatable bonds is 7. The number of amides is 2. The van der Waals surface area contributed by atoms with Crippen molar-refractivity contribution in [1.82, 2.24) is 10.2 Å². The van der Waals surface area contributed by atoms with E-state index in [1.165, 1.54) is 18.2 Å². The van der Waals surface area contributed by atoms with Gasteiger partial charge in [-0.15, -0.1) is 0 Å². The molecule has 11 nitrogen and oxygen atoms in total. The Balaban J connectivity index is 1.28. The quantitative estimate of drug-likeness (QED) is 0.369. The first-order valence-electron chi connectivity index (χ1n) is 10.8. The normalized spacial score (nSPS) is 16.6. The maximum atomic E-state index is 12.7. The van der Waals surface area contributed by atoms with Crippen molar-refractivity contribution >= 4 is 23.5 Å². The topological polar surface area (TPSA) is 137 Å². The first kappa shape index (κ1) is 23.0. The average Bonchev–Trinajstić information content (AvgIpc) is 3.35. The van der Waals surface area contributed by atoms with Crippen molar-refractivity contribution in [3.63, 3.8) is 0 Å². The molecule has 0 spiro atoms. The molecule has 1 saturated heterocycles. The Morgan fingerprint density at radius 3 is 2.71 bits per heavy atom. The van der Waals surface area contributed by atoms with Gasteiger partial charge >= 0.3 is 5.97 Å². The summed E-state index contributed by atoms with van der Waals surface area (Å²) >= 11 is 0. The maximum Gasteiger partial charge on any atom is 0.325 e. The zero-order chi connectivity index (χ0) is 24.1. The zero-order valence-electron chi connectivity index (χ0n) is 18.2. The van der Waals surface area contributed by atoms with Crippen molar-refractivity contribution in [2.24, 2.45) is 0 Å². The van der Waals surface area contributed by atoms with Gasteiger partial charge in [-0.25, -0.2) is 0 Å². The number of fused-ring (bicyclic) bond motifs is 1. The lowest BCUT2D eigenvalue weighted by atomic mass is 10.0. The third kappa shape index (κ3) is 5.25. The number of nitro groups is 1. The molecule has 1 fully saturated rings. The Bertz CT molecular complexity index is 1120. The van der Waals surface area contributed by atoms with Crippen LogP contribution in [-0.2, 0) is 14.3 Å². The van der Waals surface area contributed by atoms with Gasteiger partial charge in [0.05, 0.1) is 11.0 Å². The average molecular weight is 469 g/mol. The molecule has 178 valence electrons. The van der Waals surface area contributed by atoms with E-state index in [-0.39, 0.29) is 23.2 Å². The molecule has 1 unspecified atom stereocenters. The monoisotopic (exact) mass is 469 g/mol. The fraction of sp³-hybridized carbons (Fsp3) is 0.348. The Morgan fingerprint density at radius 2 is 1.91 bits per heavy atom. The summed E-state index contributed by atoms with van der Waals surface area (Å²) in [4.78, 5) is 48.8. The van der Waals surface area contributed by atoms with Crippen LogP contribution < -0.4 is 14.8 Å². The second kappa shape index (κ2) is 10.2. The summed E-state index contributed by atoms with van der Waals surface area (Å²) in [6, 6.07) is 10.6. The molecule has 4 rings (SSSR count). The standard InChI is InChI=1S/C23H23N3O8/c27-21(14-34-22(28)13-24-23(29)16-3-1-4-17(11-16)26(30)31)25-8-2-5-18(25)15-6-7-19-20(12-15)33-10-9-32-19/h1,3-4,6-7,11-12,18H,2,5,8-10,13-14H2,(H,24,29). The molecule has 2 amide bonds. The number of carbonyl (C=O) groups is 3. The van der Waals surface area contributed by atoms with Gasteiger partial charge in [-0.2, -0.15) is 0 Å². The Morgan fingerprint density at radius 1 is 1.12 bits per heavy atom. The highest BCUT2D eigenvalue weighted by atomic mass is 16.6. The van der Waals surface area contributed by atoms with Gasteiger partial charge in [-0.1, -0.05) is 12.1 Å². The predicted octanol–water partition coefficient (Wildman–Crippen LogP) is 2.00. The number of nitro benzene ring substituents is 1. The van der Waals surface area contributed by atoms with E-state index in [9.17, 15) is 24.5 Å². The van der Waals surface area contributed by atoms with E-state index in [1.807, 2.05) is 18.2 Å². The molecule has 0 aromatic heterocycles. The van der Waals surface area contributed by atoms with Crippen LogP contribution in [0.1, 0.15) is 34.8 Å². The van der Waals surface area contributed by atoms with E-state index in [2.05, 4.69) is 5.32 Å². The lowest BCUT2D eigenvalue weighted by Gasteiger charge is -2.26. The van der Waals surface area contributed by atoms with Crippen LogP contribution in [-0.4, -0.2) is 60.5 Å². The fourth-order valence-corrected chi connectivity index (χ4v) is 3.97. The molecule has 2 aromatic rings. The van der Waals surface area contributed by atoms with Crippen LogP contribution in [0.15, 0.2) is 42.5 Å². The number of likely N-dealkylation sites (tertiary alicyclic amines) is 1. The lowest BCUT2D eigenvalue weighted by Crippen LogP contribution is -2.36. The van der Waals surface area contributed by atoms with Crippen LogP contribution in [0.5, 0.6) is 11.5 Å². The van der Waals surface area contributed by atoms with Crippen LogP contribution in [0, 0.1) is 10.1 Å². The van der Waals surface area contributed by atoms with Crippen molar-refractivity contribution in [3.05, 3.63) is 63.7 Å². The SMILES string of the molecule is O=C(CNC(=O)c1cccc([N+](=O)[O-])c1)OCC(=O)N1CCCC1c1ccc2c(c1)OCCO2. The summed E-state index contributed by atoms with van der Waals surface area (Å²) in [5.74, 6) is -0.468. The van der Waals surface area contributed by atoms with Gasteiger partial charge in [-0.05, 0) is 36.6 Å². The number of hydrogen-bond acceptors (Lipinski definition) is 8. The molecule has 0 bridgehead atoms. The van der Waals surface area contributed by atoms with Gasteiger partial charge in [0.1, 0.15) is 19.8 Å². The molecule has 34 heavy (non-hydrogen) atoms. The van der Waals surface area contributed by atoms with Crippen LogP contribution in [0.2, 0.25) is 0 Å². The zero-order valence-corrected chi connectivity index (χ0v) is 18.2. The number of nitrogens with zero attached hydrogens (tertiary/aromatic N) is 2. The summed E-state index contributed by atoms with van der Waals surface area (Å²) in [7, 11) is 0. The van der Waals surface area contributed by atoms with E-state index < -0.39 is 30.0 Å². The van der Waals surface area contributed by atoms with Gasteiger partial charge in [0.15, 0.2) is 18.1 Å². The fourth-order valence-electron chi connectivity index (χ4n) is 3.97. The van der Waals surface area contributed by atoms with Gasteiger partial charge in [0.2, 0.25) is 0 Å². The first-order valence-corrected chi connectivity index (χ1v) is 10.8. The number of non-ortho nitro benzene ring substituents is 1. The van der Waals surface area contributed by atoms with E-state index in [1.54, 1.807) is 4.90 Å². The molecule has 2 aliphatic heterocycles. The van der Waals surface area contributed by atoms with Gasteiger partial charge in [0.25, 0.3) is 17.5 Å². The molecule has 0 aliphatic carbocycles. The van der Waals surface area contributed by atoms with E-state index >= 15 is 0 Å². The molecule has 2 aliphatic rings. The van der Waals surface area contributed by atoms with E-state index in [0.717, 1.165) is 24.5 Å². The highest BCUT2D eigenvalue weighted by molar-refractivity contribution is 5.96. The van der Waals surface area contributed by atoms with Gasteiger partial charge in [-0.3, -0.25) is 24.5 Å². The molecule has 0 radical (unpaired) electrons. The summed E-state index contributed by atoms with van der Waals surface area (Å²) in [6.45, 7) is 0.584. The Labute approximate surface area is 194 Å². The predicted molar refractivity (Wildman–Crippen MR) is 118 cm³/mol. The summed E-state index contributed by atoms with van der Waals surface area (Å²) in [6.07, 6.45) is 1.59. The molecule has 2 aromatic carbocycles. The number of nitrogens with one attached hydrogen (secondary N) is 1. The summed E-state index contributed by atoms with van der Waals surface area (Å²) < 4.78 is 16.2. The highest BCUT2D eigenvalue weighted by Gasteiger charge is 2.31. The molecule has 11 heteroatoms. The first-order chi connectivity index (χ1) is 16.4. The van der Waals surface area contributed by atoms with Crippen molar-refractivity contribution in [1.29, 1.82) is 0 Å². The maximum absolute atomic E-state index is 12.7. The second-order valence-corrected chi connectivity index (χ2v) is 7.80. The molecule has 2 heterocycles. The second-order valence-electron chi connectivity index (χ2n) is 7.80. The third-order valence-electron chi connectivity index (χ3n) is 5.59. The van der Waals surface area contributed by atoms with Crippen LogP contribution in [0.25, 0.3) is 0 Å². The van der Waals surface area contributed by atoms with E-state index in [0.29, 0.717) is 31.3 Å². The van der Waals surface area contributed by atoms with Crippen molar-refractivity contribution in [2.45, 2.75) is 18.9 Å². The molecular formula is C23H23N3O8. The number of hydrogen-bond donors (Lipinski definition) is 1. The minimum atomic E-state index is -0.790. The number of benzene rings is 2. The van der Waals surface area contributed by atoms with Crippen LogP contribution in [0.4, 0.5) is 5.69 Å². The summed E-state index contributed by atoms with van der Waals surface area (Å²) in [5, 5.41) is 13.2. The summed E-state index contributed by atoms with van der Waals surface area (Å²) in [5.41, 5.74) is 0.724. The third-order valence-corrected chi connectivity index (χ3v) is 5.59. The van der Waals surface area contributed by atoms with E-state index in [4.69, 9.17) is 14.2 Å². The smallest absolute Gasteiger partial charge is 0.325 e. The number of carbonyl (C=O) groups excluding carboxylic acids is 3. The highest BCUT2D eigenvalue weighted by Crippen LogP contribution is 2.38. The molecule has 1 N–H and O–H groups in total. The van der Waals surface area contributed by atoms with Crippen molar-refractivity contribution < 1.29 is 33.5 Å². The van der Waals surface area contributed by atoms with Gasteiger partial charge in [0, 0.05) is 24.2 Å². The minimum Gasteiger partial charge on any atom is -0.486 e. The van der Waals surface area contributed by atoms with Crippen LogP contribution >= 0.6 is 0 Å². The Hall–Kier alpha value is -4.15. The lowest BCUT2D eigenvalue weighted by molar-refractivity contribution is -0.384. The largest absolute Gasteiger partial charge is 0.486 e.